The van der Waals surface area contributed by atoms with E-state index < -0.39 is 5.91 Å². The lowest BCUT2D eigenvalue weighted by Gasteiger charge is -2.08. The average Bonchev–Trinajstić information content (AvgIpc) is 2.67. The first-order valence-corrected chi connectivity index (χ1v) is 9.21. The molecule has 0 aromatic heterocycles. The summed E-state index contributed by atoms with van der Waals surface area (Å²) in [5.41, 5.74) is 1.32. The number of anilines is 1. The van der Waals surface area contributed by atoms with Gasteiger partial charge in [-0.1, -0.05) is 6.07 Å². The molecular weight excluding hydrogens is 348 g/mol. The molecule has 0 radical (unpaired) electrons. The van der Waals surface area contributed by atoms with Crippen LogP contribution in [0.5, 0.6) is 11.5 Å². The van der Waals surface area contributed by atoms with Crippen LogP contribution in [0, 0.1) is 11.3 Å². The lowest BCUT2D eigenvalue weighted by molar-refractivity contribution is -0.112. The summed E-state index contributed by atoms with van der Waals surface area (Å²) < 4.78 is 10.7. The molecule has 2 rings (SSSR count). The number of nitrogens with zero attached hydrogens (tertiary/aromatic N) is 1. The minimum atomic E-state index is -0.468. The van der Waals surface area contributed by atoms with Crippen LogP contribution in [0.2, 0.25) is 0 Å². The summed E-state index contributed by atoms with van der Waals surface area (Å²) in [5, 5.41) is 12.1. The van der Waals surface area contributed by atoms with Gasteiger partial charge in [-0.3, -0.25) is 4.79 Å². The van der Waals surface area contributed by atoms with E-state index in [9.17, 15) is 10.1 Å². The predicted molar refractivity (Wildman–Crippen MR) is 105 cm³/mol. The third kappa shape index (κ3) is 5.04. The summed E-state index contributed by atoms with van der Waals surface area (Å²) in [6, 6.07) is 14.5. The second kappa shape index (κ2) is 9.54. The fraction of sp³-hybridized carbons (Fsp3) is 0.200. The molecule has 1 amide bonds. The Morgan fingerprint density at radius 3 is 2.58 bits per heavy atom. The van der Waals surface area contributed by atoms with Gasteiger partial charge in [0.15, 0.2) is 0 Å². The highest BCUT2D eigenvalue weighted by Gasteiger charge is 2.11. The Balaban J connectivity index is 2.17. The summed E-state index contributed by atoms with van der Waals surface area (Å²) in [6.07, 6.45) is 3.49. The van der Waals surface area contributed by atoms with Crippen LogP contribution in [0.15, 0.2) is 52.9 Å². The fourth-order valence-electron chi connectivity index (χ4n) is 2.26. The number of nitrogens with one attached hydrogen (secondary N) is 1. The van der Waals surface area contributed by atoms with Gasteiger partial charge in [-0.15, -0.1) is 11.8 Å². The van der Waals surface area contributed by atoms with Crippen molar-refractivity contribution in [2.45, 2.75) is 11.8 Å². The first kappa shape index (κ1) is 19.4. The Hall–Kier alpha value is -2.91. The number of methoxy groups -OCH3 is 1. The molecule has 0 atom stereocenters. The molecule has 0 heterocycles. The molecule has 2 aromatic rings. The summed E-state index contributed by atoms with van der Waals surface area (Å²) in [7, 11) is 1.59. The number of thioether (sulfide) groups is 1. The SMILES string of the molecule is CCOc1ccc(NC(=O)C(C#N)=Cc2ccc(SC)c(OC)c2)cc1. The van der Waals surface area contributed by atoms with E-state index >= 15 is 0 Å². The molecule has 5 nitrogen and oxygen atoms in total. The van der Waals surface area contributed by atoms with Gasteiger partial charge in [0.2, 0.25) is 0 Å². The Labute approximate surface area is 157 Å². The number of benzene rings is 2. The maximum atomic E-state index is 12.4. The van der Waals surface area contributed by atoms with Crippen molar-refractivity contribution >= 4 is 29.4 Å². The van der Waals surface area contributed by atoms with Crippen LogP contribution in [0.25, 0.3) is 6.08 Å². The van der Waals surface area contributed by atoms with Crippen LogP contribution in [-0.2, 0) is 4.79 Å². The molecule has 26 heavy (non-hydrogen) atoms. The minimum Gasteiger partial charge on any atom is -0.496 e. The van der Waals surface area contributed by atoms with Crippen molar-refractivity contribution in [1.82, 2.24) is 0 Å². The van der Waals surface area contributed by atoms with Crippen LogP contribution in [-0.4, -0.2) is 25.9 Å². The van der Waals surface area contributed by atoms with Gasteiger partial charge in [0.25, 0.3) is 5.91 Å². The maximum absolute atomic E-state index is 12.4. The smallest absolute Gasteiger partial charge is 0.266 e. The van der Waals surface area contributed by atoms with Gasteiger partial charge >= 0.3 is 0 Å². The molecule has 0 fully saturated rings. The van der Waals surface area contributed by atoms with Crippen molar-refractivity contribution < 1.29 is 14.3 Å². The Morgan fingerprint density at radius 2 is 2.00 bits per heavy atom. The van der Waals surface area contributed by atoms with Gasteiger partial charge < -0.3 is 14.8 Å². The molecule has 0 aliphatic heterocycles. The van der Waals surface area contributed by atoms with E-state index in [1.807, 2.05) is 31.4 Å². The second-order valence-electron chi connectivity index (χ2n) is 5.20. The van der Waals surface area contributed by atoms with Gasteiger partial charge in [-0.2, -0.15) is 5.26 Å². The lowest BCUT2D eigenvalue weighted by Crippen LogP contribution is -2.13. The molecule has 0 bridgehead atoms. The number of ether oxygens (including phenoxy) is 2. The summed E-state index contributed by atoms with van der Waals surface area (Å²) in [5.74, 6) is 0.961. The highest BCUT2D eigenvalue weighted by atomic mass is 32.2. The number of nitriles is 1. The van der Waals surface area contributed by atoms with Crippen LogP contribution in [0.4, 0.5) is 5.69 Å². The Morgan fingerprint density at radius 1 is 1.27 bits per heavy atom. The number of carbonyl (C=O) groups is 1. The third-order valence-corrected chi connectivity index (χ3v) is 4.28. The molecule has 1 N–H and O–H groups in total. The highest BCUT2D eigenvalue weighted by molar-refractivity contribution is 7.98. The number of hydrogen-bond acceptors (Lipinski definition) is 5. The standard InChI is InChI=1S/C20H20N2O3S/c1-4-25-17-8-6-16(7-9-17)22-20(23)15(13-21)11-14-5-10-19(26-3)18(12-14)24-2/h5-12H,4H2,1-3H3,(H,22,23). The minimum absolute atomic E-state index is 0.0119. The highest BCUT2D eigenvalue weighted by Crippen LogP contribution is 2.29. The van der Waals surface area contributed by atoms with E-state index in [1.54, 1.807) is 49.2 Å². The average molecular weight is 368 g/mol. The van der Waals surface area contributed by atoms with Crippen LogP contribution >= 0.6 is 11.8 Å². The molecule has 0 saturated heterocycles. The first-order chi connectivity index (χ1) is 12.6. The van der Waals surface area contributed by atoms with Gasteiger partial charge in [0.05, 0.1) is 13.7 Å². The van der Waals surface area contributed by atoms with E-state index in [0.29, 0.717) is 18.0 Å². The summed E-state index contributed by atoms with van der Waals surface area (Å²) in [4.78, 5) is 13.4. The van der Waals surface area contributed by atoms with Crippen molar-refractivity contribution in [1.29, 1.82) is 5.26 Å². The second-order valence-corrected chi connectivity index (χ2v) is 6.04. The molecular formula is C20H20N2O3S. The number of hydrogen-bond donors (Lipinski definition) is 1. The molecule has 6 heteroatoms. The summed E-state index contributed by atoms with van der Waals surface area (Å²) in [6.45, 7) is 2.48. The Kier molecular flexibility index (Phi) is 7.12. The topological polar surface area (TPSA) is 71.3 Å². The molecule has 0 spiro atoms. The maximum Gasteiger partial charge on any atom is 0.266 e. The normalized spacial score (nSPS) is 10.8. The number of carbonyl (C=O) groups excluding carboxylic acids is 1. The van der Waals surface area contributed by atoms with E-state index in [-0.39, 0.29) is 5.57 Å². The summed E-state index contributed by atoms with van der Waals surface area (Å²) >= 11 is 1.57. The van der Waals surface area contributed by atoms with Crippen LogP contribution in [0.1, 0.15) is 12.5 Å². The molecule has 0 aliphatic carbocycles. The predicted octanol–water partition coefficient (Wildman–Crippen LogP) is 4.36. The van der Waals surface area contributed by atoms with Crippen molar-refractivity contribution in [3.8, 4) is 17.6 Å². The van der Waals surface area contributed by atoms with E-state index in [4.69, 9.17) is 9.47 Å². The molecule has 0 saturated carbocycles. The molecule has 0 aliphatic rings. The molecule has 0 unspecified atom stereocenters. The van der Waals surface area contributed by atoms with Crippen LogP contribution in [0.3, 0.4) is 0 Å². The van der Waals surface area contributed by atoms with E-state index in [2.05, 4.69) is 5.32 Å². The Bertz CT molecular complexity index is 839. The largest absolute Gasteiger partial charge is 0.496 e. The van der Waals surface area contributed by atoms with Crippen molar-refractivity contribution in [3.05, 3.63) is 53.6 Å². The van der Waals surface area contributed by atoms with Crippen molar-refractivity contribution in [2.75, 3.05) is 25.3 Å². The fourth-order valence-corrected chi connectivity index (χ4v) is 2.81. The van der Waals surface area contributed by atoms with Crippen LogP contribution < -0.4 is 14.8 Å². The lowest BCUT2D eigenvalue weighted by atomic mass is 10.1. The van der Waals surface area contributed by atoms with Gasteiger partial charge in [-0.05, 0) is 61.2 Å². The zero-order chi connectivity index (χ0) is 18.9. The zero-order valence-corrected chi connectivity index (χ0v) is 15.7. The van der Waals surface area contributed by atoms with Crippen molar-refractivity contribution in [3.63, 3.8) is 0 Å². The van der Waals surface area contributed by atoms with Gasteiger partial charge in [-0.25, -0.2) is 0 Å². The van der Waals surface area contributed by atoms with Gasteiger partial charge in [0.1, 0.15) is 23.1 Å². The van der Waals surface area contributed by atoms with E-state index in [1.165, 1.54) is 6.08 Å². The molecule has 2 aromatic carbocycles. The first-order valence-electron chi connectivity index (χ1n) is 7.99. The van der Waals surface area contributed by atoms with Gasteiger partial charge in [0, 0.05) is 10.6 Å². The van der Waals surface area contributed by atoms with E-state index in [0.717, 1.165) is 16.2 Å². The number of rotatable bonds is 7. The monoisotopic (exact) mass is 368 g/mol. The van der Waals surface area contributed by atoms with Crippen molar-refractivity contribution in [2.24, 2.45) is 0 Å². The third-order valence-electron chi connectivity index (χ3n) is 3.51. The quantitative estimate of drug-likeness (QED) is 0.447. The zero-order valence-electron chi connectivity index (χ0n) is 14.9. The number of amides is 1. The molecule has 134 valence electrons.